The number of benzene rings is 1. The maximum Gasteiger partial charge on any atom is 0.225 e. The van der Waals surface area contributed by atoms with Gasteiger partial charge in [-0.1, -0.05) is 0 Å². The van der Waals surface area contributed by atoms with Gasteiger partial charge in [0.15, 0.2) is 5.16 Å². The van der Waals surface area contributed by atoms with Crippen molar-refractivity contribution < 1.29 is 4.79 Å². The molecule has 124 valence electrons. The van der Waals surface area contributed by atoms with E-state index in [9.17, 15) is 4.79 Å². The molecule has 6 nitrogen and oxygen atoms in total. The molecule has 0 saturated carbocycles. The smallest absolute Gasteiger partial charge is 0.225 e. The molecule has 0 bridgehead atoms. The average Bonchev–Trinajstić information content (AvgIpc) is 3.14. The quantitative estimate of drug-likeness (QED) is 0.864. The molecular formula is C15H20ClN5OS. The second-order valence-corrected chi connectivity index (χ2v) is 6.44. The number of hydrogen-bond donors (Lipinski definition) is 2. The highest BCUT2D eigenvalue weighted by Crippen LogP contribution is 2.26. The van der Waals surface area contributed by atoms with Crippen LogP contribution in [0, 0.1) is 0 Å². The fraction of sp³-hybridized carbons (Fsp3) is 0.400. The number of aryl methyl sites for hydroxylation is 1. The van der Waals surface area contributed by atoms with Gasteiger partial charge in [-0.2, -0.15) is 0 Å². The van der Waals surface area contributed by atoms with Crippen LogP contribution < -0.4 is 10.6 Å². The summed E-state index contributed by atoms with van der Waals surface area (Å²) in [5.41, 5.74) is 0.824. The third-order valence-corrected chi connectivity index (χ3v) is 4.67. The molecule has 0 radical (unpaired) electrons. The van der Waals surface area contributed by atoms with E-state index in [1.807, 2.05) is 35.9 Å². The second kappa shape index (κ2) is 8.33. The third-order valence-electron chi connectivity index (χ3n) is 3.61. The molecule has 1 unspecified atom stereocenters. The fourth-order valence-corrected chi connectivity index (χ4v) is 3.21. The molecule has 1 atom stereocenters. The molecule has 1 amide bonds. The Labute approximate surface area is 145 Å². The molecule has 3 rings (SSSR count). The van der Waals surface area contributed by atoms with Gasteiger partial charge in [-0.15, -0.1) is 22.6 Å². The van der Waals surface area contributed by atoms with Crippen LogP contribution in [0.5, 0.6) is 0 Å². The van der Waals surface area contributed by atoms with E-state index in [0.29, 0.717) is 12.5 Å². The maximum atomic E-state index is 12.0. The highest BCUT2D eigenvalue weighted by Gasteiger charge is 2.17. The fourth-order valence-electron chi connectivity index (χ4n) is 2.44. The zero-order chi connectivity index (χ0) is 15.4. The van der Waals surface area contributed by atoms with Gasteiger partial charge in [0.2, 0.25) is 5.91 Å². The van der Waals surface area contributed by atoms with Crippen LogP contribution in [-0.4, -0.2) is 33.3 Å². The Bertz CT molecular complexity index is 640. The number of aromatic nitrogens is 3. The highest BCUT2D eigenvalue weighted by atomic mass is 35.5. The van der Waals surface area contributed by atoms with Crippen molar-refractivity contribution in [2.24, 2.45) is 7.05 Å². The van der Waals surface area contributed by atoms with Gasteiger partial charge in [-0.05, 0) is 55.4 Å². The largest absolute Gasteiger partial charge is 0.326 e. The predicted molar refractivity (Wildman–Crippen MR) is 93.1 cm³/mol. The van der Waals surface area contributed by atoms with Crippen molar-refractivity contribution in [1.29, 1.82) is 0 Å². The van der Waals surface area contributed by atoms with Crippen molar-refractivity contribution in [3.8, 4) is 0 Å². The van der Waals surface area contributed by atoms with Crippen molar-refractivity contribution in [3.63, 3.8) is 0 Å². The maximum absolute atomic E-state index is 12.0. The minimum atomic E-state index is 0. The van der Waals surface area contributed by atoms with Crippen LogP contribution in [0.2, 0.25) is 0 Å². The van der Waals surface area contributed by atoms with Crippen molar-refractivity contribution >= 4 is 35.8 Å². The van der Waals surface area contributed by atoms with Crippen molar-refractivity contribution in [2.75, 3.05) is 11.9 Å². The molecule has 2 aromatic rings. The van der Waals surface area contributed by atoms with Crippen LogP contribution in [0.15, 0.2) is 40.6 Å². The van der Waals surface area contributed by atoms with Gasteiger partial charge < -0.3 is 15.2 Å². The first-order valence-corrected chi connectivity index (χ1v) is 8.17. The summed E-state index contributed by atoms with van der Waals surface area (Å²) >= 11 is 1.54. The molecule has 2 heterocycles. The van der Waals surface area contributed by atoms with E-state index < -0.39 is 0 Å². The Morgan fingerprint density at radius 1 is 1.43 bits per heavy atom. The Morgan fingerprint density at radius 3 is 2.83 bits per heavy atom. The van der Waals surface area contributed by atoms with Crippen LogP contribution in [0.25, 0.3) is 0 Å². The molecular weight excluding hydrogens is 334 g/mol. The zero-order valence-electron chi connectivity index (χ0n) is 12.9. The molecule has 1 saturated heterocycles. The lowest BCUT2D eigenvalue weighted by Gasteiger charge is -2.10. The third kappa shape index (κ3) is 4.95. The van der Waals surface area contributed by atoms with Gasteiger partial charge in [-0.25, -0.2) is 0 Å². The first-order valence-electron chi connectivity index (χ1n) is 7.36. The molecule has 0 spiro atoms. The van der Waals surface area contributed by atoms with E-state index in [1.54, 1.807) is 18.1 Å². The first kappa shape index (κ1) is 17.8. The van der Waals surface area contributed by atoms with Crippen molar-refractivity contribution in [1.82, 2.24) is 20.1 Å². The summed E-state index contributed by atoms with van der Waals surface area (Å²) in [4.78, 5) is 13.0. The van der Waals surface area contributed by atoms with Gasteiger partial charge in [0, 0.05) is 30.1 Å². The molecule has 1 aromatic carbocycles. The topological polar surface area (TPSA) is 71.8 Å². The van der Waals surface area contributed by atoms with E-state index >= 15 is 0 Å². The van der Waals surface area contributed by atoms with Gasteiger partial charge >= 0.3 is 0 Å². The highest BCUT2D eigenvalue weighted by molar-refractivity contribution is 7.99. The minimum absolute atomic E-state index is 0. The van der Waals surface area contributed by atoms with Gasteiger partial charge in [0.25, 0.3) is 0 Å². The van der Waals surface area contributed by atoms with E-state index in [0.717, 1.165) is 35.1 Å². The summed E-state index contributed by atoms with van der Waals surface area (Å²) in [6, 6.07) is 8.11. The minimum Gasteiger partial charge on any atom is -0.326 e. The first-order chi connectivity index (χ1) is 10.7. The van der Waals surface area contributed by atoms with Crippen LogP contribution in [0.1, 0.15) is 19.3 Å². The summed E-state index contributed by atoms with van der Waals surface area (Å²) in [5.74, 6) is 0.0631. The van der Waals surface area contributed by atoms with Crippen LogP contribution in [-0.2, 0) is 11.8 Å². The molecule has 1 fully saturated rings. The van der Waals surface area contributed by atoms with Gasteiger partial charge in [0.1, 0.15) is 6.33 Å². The molecule has 23 heavy (non-hydrogen) atoms. The van der Waals surface area contributed by atoms with Crippen LogP contribution in [0.3, 0.4) is 0 Å². The molecule has 1 aromatic heterocycles. The lowest BCUT2D eigenvalue weighted by molar-refractivity contribution is -0.116. The Hall–Kier alpha value is -1.57. The second-order valence-electron chi connectivity index (χ2n) is 5.40. The molecule has 0 aliphatic carbocycles. The van der Waals surface area contributed by atoms with Crippen LogP contribution in [0.4, 0.5) is 5.69 Å². The number of anilines is 1. The molecule has 1 aliphatic rings. The van der Waals surface area contributed by atoms with E-state index in [2.05, 4.69) is 20.8 Å². The number of hydrogen-bond acceptors (Lipinski definition) is 5. The Kier molecular flexibility index (Phi) is 6.44. The normalized spacial score (nSPS) is 16.8. The Balaban J connectivity index is 0.00000192. The predicted octanol–water partition coefficient (Wildman–Crippen LogP) is 2.47. The van der Waals surface area contributed by atoms with E-state index in [4.69, 9.17) is 0 Å². The summed E-state index contributed by atoms with van der Waals surface area (Å²) in [6.07, 6.45) is 4.45. The number of carbonyl (C=O) groups is 1. The number of carbonyl (C=O) groups excluding carboxylic acids is 1. The molecule has 8 heteroatoms. The standard InChI is InChI=1S/C15H19N5OS.ClH/c1-20-10-17-19-15(20)22-13-6-4-11(5-7-13)18-14(21)9-12-3-2-8-16-12;/h4-7,10,12,16H,2-3,8-9H2,1H3,(H,18,21);1H. The summed E-state index contributed by atoms with van der Waals surface area (Å²) in [7, 11) is 1.91. The van der Waals surface area contributed by atoms with Crippen molar-refractivity contribution in [2.45, 2.75) is 35.4 Å². The monoisotopic (exact) mass is 353 g/mol. The number of nitrogens with one attached hydrogen (secondary N) is 2. The van der Waals surface area contributed by atoms with Gasteiger partial charge in [-0.3, -0.25) is 4.79 Å². The lowest BCUT2D eigenvalue weighted by Crippen LogP contribution is -2.27. The molecule has 2 N–H and O–H groups in total. The number of rotatable bonds is 5. The lowest BCUT2D eigenvalue weighted by atomic mass is 10.1. The summed E-state index contributed by atoms with van der Waals surface area (Å²) < 4.78 is 1.87. The van der Waals surface area contributed by atoms with E-state index in [1.165, 1.54) is 0 Å². The molecule has 1 aliphatic heterocycles. The summed E-state index contributed by atoms with van der Waals surface area (Å²) in [5, 5.41) is 15.0. The van der Waals surface area contributed by atoms with Crippen molar-refractivity contribution in [3.05, 3.63) is 30.6 Å². The SMILES string of the molecule is Cl.Cn1cnnc1Sc1ccc(NC(=O)CC2CCCN2)cc1. The number of amides is 1. The summed E-state index contributed by atoms with van der Waals surface area (Å²) in [6.45, 7) is 1.02. The average molecular weight is 354 g/mol. The Morgan fingerprint density at radius 2 is 2.22 bits per heavy atom. The number of nitrogens with zero attached hydrogens (tertiary/aromatic N) is 3. The van der Waals surface area contributed by atoms with E-state index in [-0.39, 0.29) is 18.3 Å². The van der Waals surface area contributed by atoms with Gasteiger partial charge in [0.05, 0.1) is 0 Å². The van der Waals surface area contributed by atoms with Crippen LogP contribution >= 0.6 is 24.2 Å². The number of halogens is 1. The zero-order valence-corrected chi connectivity index (χ0v) is 14.5.